The van der Waals surface area contributed by atoms with E-state index in [1.165, 1.54) is 4.90 Å². The third-order valence-electron chi connectivity index (χ3n) is 10.2. The highest BCUT2D eigenvalue weighted by molar-refractivity contribution is 6.21. The van der Waals surface area contributed by atoms with Crippen LogP contribution in [0, 0.1) is 0 Å². The molecule has 1 spiro atoms. The lowest BCUT2D eigenvalue weighted by atomic mass is 9.97. The number of ether oxygens (including phenoxy) is 4. The molecule has 8 rings (SSSR count). The molecule has 0 radical (unpaired) electrons. The molecular formula is C40H40N2O7. The molecule has 0 aliphatic carbocycles. The summed E-state index contributed by atoms with van der Waals surface area (Å²) >= 11 is 0. The van der Waals surface area contributed by atoms with Crippen LogP contribution < -0.4 is 0 Å². The first-order valence-electron chi connectivity index (χ1n) is 17.1. The monoisotopic (exact) mass is 660 g/mol. The fraction of sp³-hybridized carbons (Fsp3) is 0.350. The van der Waals surface area contributed by atoms with Crippen LogP contribution in [0.15, 0.2) is 97.1 Å². The van der Waals surface area contributed by atoms with Gasteiger partial charge in [0, 0.05) is 44.5 Å². The Morgan fingerprint density at radius 1 is 0.714 bits per heavy atom. The molecule has 0 saturated carbocycles. The molecule has 0 aromatic heterocycles. The molecule has 9 heteroatoms. The summed E-state index contributed by atoms with van der Waals surface area (Å²) < 4.78 is 25.2. The van der Waals surface area contributed by atoms with E-state index in [0.29, 0.717) is 30.8 Å². The van der Waals surface area contributed by atoms with Gasteiger partial charge in [0.15, 0.2) is 12.1 Å². The molecule has 2 amide bonds. The van der Waals surface area contributed by atoms with Crippen LogP contribution in [0.25, 0.3) is 11.1 Å². The molecule has 0 bridgehead atoms. The maximum absolute atomic E-state index is 13.1. The zero-order chi connectivity index (χ0) is 33.4. The molecule has 1 N–H and O–H groups in total. The number of amides is 2. The first-order valence-corrected chi connectivity index (χ1v) is 17.1. The van der Waals surface area contributed by atoms with Crippen molar-refractivity contribution in [2.45, 2.75) is 56.7 Å². The number of aliphatic hydroxyl groups is 1. The molecule has 3 atom stereocenters. The van der Waals surface area contributed by atoms with Gasteiger partial charge in [-0.15, -0.1) is 0 Å². The van der Waals surface area contributed by atoms with E-state index in [0.717, 1.165) is 65.9 Å². The van der Waals surface area contributed by atoms with Gasteiger partial charge >= 0.3 is 0 Å². The predicted octanol–water partition coefficient (Wildman–Crippen LogP) is 6.03. The van der Waals surface area contributed by atoms with Gasteiger partial charge in [0.05, 0.1) is 49.7 Å². The average Bonchev–Trinajstić information content (AvgIpc) is 3.71. The highest BCUT2D eigenvalue weighted by atomic mass is 16.7. The number of nitrogens with zero attached hydrogens (tertiary/aromatic N) is 2. The van der Waals surface area contributed by atoms with Crippen LogP contribution in [0.3, 0.4) is 0 Å². The van der Waals surface area contributed by atoms with Crippen LogP contribution in [0.1, 0.15) is 74.6 Å². The maximum Gasteiger partial charge on any atom is 0.261 e. The summed E-state index contributed by atoms with van der Waals surface area (Å²) in [6.45, 7) is 4.07. The number of hydrogen-bond acceptors (Lipinski definition) is 8. The number of likely N-dealkylation sites (tertiary alicyclic amines) is 1. The Labute approximate surface area is 286 Å². The first kappa shape index (κ1) is 32.0. The highest BCUT2D eigenvalue weighted by Gasteiger charge is 2.41. The van der Waals surface area contributed by atoms with Gasteiger partial charge in [-0.25, -0.2) is 0 Å². The van der Waals surface area contributed by atoms with Crippen molar-refractivity contribution in [1.29, 1.82) is 0 Å². The molecule has 3 fully saturated rings. The van der Waals surface area contributed by atoms with Gasteiger partial charge in [0.1, 0.15) is 0 Å². The summed E-state index contributed by atoms with van der Waals surface area (Å²) in [4.78, 5) is 30.0. The summed E-state index contributed by atoms with van der Waals surface area (Å²) in [6, 6.07) is 31.0. The van der Waals surface area contributed by atoms with E-state index >= 15 is 0 Å². The number of aliphatic hydroxyl groups excluding tert-OH is 1. The van der Waals surface area contributed by atoms with E-state index in [4.69, 9.17) is 18.9 Å². The SMILES string of the molecule is O=C1c2ccccc2C(=O)N1Cc1ccccc1-c1ccc([C@@H]2O[C@H](CN3CCC4(CC3)OCCO4)C[C@H](c3ccc(CO)cc3)O2)cc1. The van der Waals surface area contributed by atoms with Crippen LogP contribution >= 0.6 is 0 Å². The van der Waals surface area contributed by atoms with E-state index in [1.54, 1.807) is 24.3 Å². The molecule has 4 aromatic carbocycles. The Morgan fingerprint density at radius 3 is 1.98 bits per heavy atom. The molecule has 0 unspecified atom stereocenters. The van der Waals surface area contributed by atoms with Gasteiger partial charge in [0.25, 0.3) is 11.8 Å². The minimum atomic E-state index is -0.568. The van der Waals surface area contributed by atoms with Crippen molar-refractivity contribution in [3.05, 3.63) is 130 Å². The normalized spacial score (nSPS) is 23.7. The van der Waals surface area contributed by atoms with E-state index < -0.39 is 12.1 Å². The number of hydrogen-bond donors (Lipinski definition) is 1. The summed E-state index contributed by atoms with van der Waals surface area (Å²) in [5.41, 5.74) is 6.53. The summed E-state index contributed by atoms with van der Waals surface area (Å²) in [6.07, 6.45) is 1.62. The lowest BCUT2D eigenvalue weighted by Gasteiger charge is -2.41. The van der Waals surface area contributed by atoms with Crippen molar-refractivity contribution < 1.29 is 33.6 Å². The van der Waals surface area contributed by atoms with Crippen molar-refractivity contribution in [3.63, 3.8) is 0 Å². The standard InChI is InChI=1S/C40H40N2O7/c43-26-27-9-11-29(12-10-27)36-23-32(25-41-19-17-40(18-20-41)46-21-22-47-40)48-39(49-36)30-15-13-28(14-16-30)33-6-2-1-5-31(33)24-42-37(44)34-7-3-4-8-35(34)38(42)45/h1-16,32,36,39,43H,17-26H2/t32-,36+,39+/m0/s1. The molecule has 4 aliphatic rings. The first-order chi connectivity index (χ1) is 24.0. The van der Waals surface area contributed by atoms with Crippen molar-refractivity contribution in [2.24, 2.45) is 0 Å². The number of carbonyl (C=O) groups is 2. The molecule has 252 valence electrons. The second kappa shape index (κ2) is 13.6. The largest absolute Gasteiger partial charge is 0.392 e. The Balaban J connectivity index is 1.00. The van der Waals surface area contributed by atoms with Crippen molar-refractivity contribution in [1.82, 2.24) is 9.80 Å². The predicted molar refractivity (Wildman–Crippen MR) is 181 cm³/mol. The van der Waals surface area contributed by atoms with Crippen LogP contribution in [-0.2, 0) is 32.1 Å². The summed E-state index contributed by atoms with van der Waals surface area (Å²) in [7, 11) is 0. The maximum atomic E-state index is 13.1. The molecule has 49 heavy (non-hydrogen) atoms. The third-order valence-corrected chi connectivity index (χ3v) is 10.2. The number of rotatable bonds is 8. The number of imide groups is 1. The van der Waals surface area contributed by atoms with E-state index in [2.05, 4.69) is 4.90 Å². The van der Waals surface area contributed by atoms with Crippen molar-refractivity contribution >= 4 is 11.8 Å². The molecule has 4 aliphatic heterocycles. The van der Waals surface area contributed by atoms with Gasteiger partial charge in [-0.3, -0.25) is 14.5 Å². The van der Waals surface area contributed by atoms with Gasteiger partial charge in [-0.1, -0.05) is 84.9 Å². The zero-order valence-electron chi connectivity index (χ0n) is 27.3. The average molecular weight is 661 g/mol. The second-order valence-corrected chi connectivity index (χ2v) is 13.3. The molecule has 9 nitrogen and oxygen atoms in total. The smallest absolute Gasteiger partial charge is 0.261 e. The van der Waals surface area contributed by atoms with Crippen LogP contribution in [-0.4, -0.2) is 71.5 Å². The lowest BCUT2D eigenvalue weighted by Crippen LogP contribution is -2.48. The fourth-order valence-electron chi connectivity index (χ4n) is 7.50. The van der Waals surface area contributed by atoms with Crippen LogP contribution in [0.5, 0.6) is 0 Å². The third kappa shape index (κ3) is 6.46. The van der Waals surface area contributed by atoms with E-state index in [-0.39, 0.29) is 37.2 Å². The summed E-state index contributed by atoms with van der Waals surface area (Å²) in [5, 5.41) is 9.58. The topological polar surface area (TPSA) is 97.8 Å². The number of benzene rings is 4. The van der Waals surface area contributed by atoms with E-state index in [1.807, 2.05) is 72.8 Å². The summed E-state index contributed by atoms with van der Waals surface area (Å²) in [5.74, 6) is -0.953. The van der Waals surface area contributed by atoms with Crippen molar-refractivity contribution in [2.75, 3.05) is 32.8 Å². The number of fused-ring (bicyclic) bond motifs is 1. The highest BCUT2D eigenvalue weighted by Crippen LogP contribution is 2.40. The Morgan fingerprint density at radius 2 is 1.33 bits per heavy atom. The van der Waals surface area contributed by atoms with Gasteiger partial charge in [-0.05, 0) is 39.9 Å². The quantitative estimate of drug-likeness (QED) is 0.229. The number of carbonyl (C=O) groups excluding carboxylic acids is 2. The van der Waals surface area contributed by atoms with Gasteiger partial charge in [0.2, 0.25) is 0 Å². The van der Waals surface area contributed by atoms with Crippen molar-refractivity contribution in [3.8, 4) is 11.1 Å². The number of piperidine rings is 1. The Kier molecular flexibility index (Phi) is 8.88. The van der Waals surface area contributed by atoms with Gasteiger partial charge < -0.3 is 29.0 Å². The lowest BCUT2D eigenvalue weighted by molar-refractivity contribution is -0.255. The molecular weight excluding hydrogens is 620 g/mol. The Hall–Kier alpha value is -4.22. The van der Waals surface area contributed by atoms with Crippen LogP contribution in [0.2, 0.25) is 0 Å². The van der Waals surface area contributed by atoms with Gasteiger partial charge in [-0.2, -0.15) is 0 Å². The molecule has 4 aromatic rings. The zero-order valence-corrected chi connectivity index (χ0v) is 27.3. The molecule has 3 saturated heterocycles. The Bertz CT molecular complexity index is 1770. The minimum absolute atomic E-state index is 0.00216. The second-order valence-electron chi connectivity index (χ2n) is 13.3. The molecule has 4 heterocycles. The minimum Gasteiger partial charge on any atom is -0.392 e. The van der Waals surface area contributed by atoms with Crippen LogP contribution in [0.4, 0.5) is 0 Å². The fourth-order valence-corrected chi connectivity index (χ4v) is 7.50. The van der Waals surface area contributed by atoms with E-state index in [9.17, 15) is 14.7 Å².